The second-order valence-corrected chi connectivity index (χ2v) is 8.35. The summed E-state index contributed by atoms with van der Waals surface area (Å²) in [6, 6.07) is 12.5. The number of Topliss-reactive ketones (excluding diaryl/α,β-unsaturated/α-hetero) is 1. The summed E-state index contributed by atoms with van der Waals surface area (Å²) in [6.45, 7) is 1.84. The van der Waals surface area contributed by atoms with E-state index in [1.54, 1.807) is 31.4 Å². The number of ketones is 1. The molecule has 2 aromatic rings. The van der Waals surface area contributed by atoms with E-state index in [1.165, 1.54) is 0 Å². The Morgan fingerprint density at radius 3 is 2.68 bits per heavy atom. The number of amides is 1. The molecule has 0 fully saturated rings. The molecule has 2 aliphatic rings. The maximum Gasteiger partial charge on any atom is 0.254 e. The number of benzene rings is 2. The van der Waals surface area contributed by atoms with Crippen molar-refractivity contribution < 1.29 is 14.3 Å². The lowest BCUT2D eigenvalue weighted by Crippen LogP contribution is -2.35. The Kier molecular flexibility index (Phi) is 6.08. The molecule has 7 heteroatoms. The Morgan fingerprint density at radius 2 is 1.90 bits per heavy atom. The third-order valence-electron chi connectivity index (χ3n) is 5.67. The standard InChI is InChI=1S/C24H22Cl2N2O3/c1-13-20(24(30)28-16-9-3-4-12-19(16)31-2)21(14-7-5-8-15(25)23(14)26)22-17(27-13)10-6-11-18(22)29/h3-5,7-9,12,21,27H,6,10-11H2,1-2H3,(H,28,30)/t21-/m1/s1. The highest BCUT2D eigenvalue weighted by Gasteiger charge is 2.39. The van der Waals surface area contributed by atoms with Crippen molar-refractivity contribution in [1.82, 2.24) is 5.32 Å². The molecular formula is C24H22Cl2N2O3. The van der Waals surface area contributed by atoms with Crippen molar-refractivity contribution in [3.63, 3.8) is 0 Å². The number of rotatable bonds is 4. The average molecular weight is 457 g/mol. The second-order valence-electron chi connectivity index (χ2n) is 7.56. The van der Waals surface area contributed by atoms with E-state index in [0.717, 1.165) is 18.5 Å². The number of carbonyl (C=O) groups is 2. The van der Waals surface area contributed by atoms with Gasteiger partial charge in [-0.15, -0.1) is 0 Å². The maximum absolute atomic E-state index is 13.5. The molecule has 0 unspecified atom stereocenters. The van der Waals surface area contributed by atoms with Gasteiger partial charge >= 0.3 is 0 Å². The number of dihydropyridines is 1. The Labute approximate surface area is 191 Å². The lowest BCUT2D eigenvalue weighted by molar-refractivity contribution is -0.116. The number of nitrogens with one attached hydrogen (secondary N) is 2. The van der Waals surface area contributed by atoms with Crippen LogP contribution in [0, 0.1) is 0 Å². The first-order valence-electron chi connectivity index (χ1n) is 10.0. The number of ether oxygens (including phenoxy) is 1. The van der Waals surface area contributed by atoms with Crippen molar-refractivity contribution in [2.24, 2.45) is 0 Å². The number of allylic oxidation sites excluding steroid dienone is 3. The molecule has 4 rings (SSSR count). The van der Waals surface area contributed by atoms with Crippen LogP contribution in [0.15, 0.2) is 65.0 Å². The van der Waals surface area contributed by atoms with Gasteiger partial charge < -0.3 is 15.4 Å². The highest BCUT2D eigenvalue weighted by atomic mass is 35.5. The molecular weight excluding hydrogens is 435 g/mol. The van der Waals surface area contributed by atoms with Crippen LogP contribution in [0.2, 0.25) is 10.0 Å². The predicted octanol–water partition coefficient (Wildman–Crippen LogP) is 5.61. The van der Waals surface area contributed by atoms with E-state index in [4.69, 9.17) is 27.9 Å². The van der Waals surface area contributed by atoms with Crippen LogP contribution in [-0.4, -0.2) is 18.8 Å². The monoisotopic (exact) mass is 456 g/mol. The molecule has 1 aliphatic heterocycles. The Hall–Kier alpha value is -2.76. The van der Waals surface area contributed by atoms with E-state index < -0.39 is 5.92 Å². The second kappa shape index (κ2) is 8.77. The summed E-state index contributed by atoms with van der Waals surface area (Å²) in [5, 5.41) is 6.96. The molecule has 2 N–H and O–H groups in total. The highest BCUT2D eigenvalue weighted by molar-refractivity contribution is 6.42. The summed E-state index contributed by atoms with van der Waals surface area (Å²) in [4.78, 5) is 26.5. The van der Waals surface area contributed by atoms with Gasteiger partial charge in [0, 0.05) is 34.9 Å². The van der Waals surface area contributed by atoms with E-state index in [9.17, 15) is 9.59 Å². The van der Waals surface area contributed by atoms with Crippen LogP contribution in [0.25, 0.3) is 0 Å². The molecule has 1 heterocycles. The molecule has 0 bridgehead atoms. The van der Waals surface area contributed by atoms with Gasteiger partial charge in [-0.2, -0.15) is 0 Å². The number of halogens is 2. The largest absolute Gasteiger partial charge is 0.495 e. The van der Waals surface area contributed by atoms with Gasteiger partial charge in [0.15, 0.2) is 5.78 Å². The Balaban J connectivity index is 1.84. The molecule has 5 nitrogen and oxygen atoms in total. The smallest absolute Gasteiger partial charge is 0.254 e. The maximum atomic E-state index is 13.5. The number of anilines is 1. The van der Waals surface area contributed by atoms with Crippen LogP contribution < -0.4 is 15.4 Å². The van der Waals surface area contributed by atoms with Gasteiger partial charge in [-0.25, -0.2) is 0 Å². The van der Waals surface area contributed by atoms with Gasteiger partial charge in [0.25, 0.3) is 5.91 Å². The molecule has 1 aliphatic carbocycles. The van der Waals surface area contributed by atoms with E-state index in [0.29, 0.717) is 50.3 Å². The van der Waals surface area contributed by atoms with Crippen LogP contribution in [0.4, 0.5) is 5.69 Å². The highest BCUT2D eigenvalue weighted by Crippen LogP contribution is 2.45. The summed E-state index contributed by atoms with van der Waals surface area (Å²) in [7, 11) is 1.55. The number of para-hydroxylation sites is 2. The first kappa shape index (κ1) is 21.5. The number of carbonyl (C=O) groups excluding carboxylic acids is 2. The molecule has 1 amide bonds. The van der Waals surface area contributed by atoms with Crippen LogP contribution in [-0.2, 0) is 9.59 Å². The van der Waals surface area contributed by atoms with Crippen molar-refractivity contribution >= 4 is 40.6 Å². The van der Waals surface area contributed by atoms with Gasteiger partial charge in [0.05, 0.1) is 22.8 Å². The fourth-order valence-electron chi connectivity index (χ4n) is 4.28. The van der Waals surface area contributed by atoms with Crippen LogP contribution in [0.5, 0.6) is 5.75 Å². The third kappa shape index (κ3) is 3.95. The van der Waals surface area contributed by atoms with Crippen molar-refractivity contribution in [2.75, 3.05) is 12.4 Å². The zero-order valence-electron chi connectivity index (χ0n) is 17.2. The Morgan fingerprint density at radius 1 is 1.13 bits per heavy atom. The molecule has 160 valence electrons. The van der Waals surface area contributed by atoms with Crippen molar-refractivity contribution in [3.8, 4) is 5.75 Å². The number of methoxy groups -OCH3 is 1. The minimum absolute atomic E-state index is 0.0184. The van der Waals surface area contributed by atoms with Gasteiger partial charge in [-0.1, -0.05) is 47.5 Å². The SMILES string of the molecule is COc1ccccc1NC(=O)C1=C(C)NC2=C(C(=O)CCC2)[C@@H]1c1cccc(Cl)c1Cl. The van der Waals surface area contributed by atoms with Gasteiger partial charge in [0.2, 0.25) is 0 Å². The average Bonchev–Trinajstić information content (AvgIpc) is 2.75. The number of hydrogen-bond acceptors (Lipinski definition) is 4. The van der Waals surface area contributed by atoms with Crippen LogP contribution in [0.3, 0.4) is 0 Å². The molecule has 0 radical (unpaired) electrons. The lowest BCUT2D eigenvalue weighted by Gasteiger charge is -2.35. The quantitative estimate of drug-likeness (QED) is 0.627. The van der Waals surface area contributed by atoms with Crippen LogP contribution >= 0.6 is 23.2 Å². The Bertz CT molecular complexity index is 1140. The first-order chi connectivity index (χ1) is 14.9. The van der Waals surface area contributed by atoms with E-state index in [1.807, 2.05) is 25.1 Å². The van der Waals surface area contributed by atoms with Gasteiger partial charge in [-0.05, 0) is 43.5 Å². The van der Waals surface area contributed by atoms with Crippen molar-refractivity contribution in [3.05, 3.63) is 80.6 Å². The first-order valence-corrected chi connectivity index (χ1v) is 10.8. The summed E-state index contributed by atoms with van der Waals surface area (Å²) in [5.74, 6) is -0.376. The fourth-order valence-corrected chi connectivity index (χ4v) is 4.69. The molecule has 1 atom stereocenters. The molecule has 31 heavy (non-hydrogen) atoms. The summed E-state index contributed by atoms with van der Waals surface area (Å²) >= 11 is 12.9. The predicted molar refractivity (Wildman–Crippen MR) is 123 cm³/mol. The number of hydrogen-bond donors (Lipinski definition) is 2. The van der Waals surface area contributed by atoms with Crippen molar-refractivity contribution in [1.29, 1.82) is 0 Å². The normalized spacial score (nSPS) is 18.5. The van der Waals surface area contributed by atoms with E-state index in [-0.39, 0.29) is 11.7 Å². The van der Waals surface area contributed by atoms with Gasteiger partial charge in [0.1, 0.15) is 5.75 Å². The topological polar surface area (TPSA) is 67.4 Å². The van der Waals surface area contributed by atoms with E-state index in [2.05, 4.69) is 10.6 Å². The molecule has 0 aromatic heterocycles. The van der Waals surface area contributed by atoms with E-state index >= 15 is 0 Å². The fraction of sp³-hybridized carbons (Fsp3) is 0.250. The zero-order chi connectivity index (χ0) is 22.1. The molecule has 2 aromatic carbocycles. The minimum atomic E-state index is -0.607. The van der Waals surface area contributed by atoms with Gasteiger partial charge in [-0.3, -0.25) is 9.59 Å². The van der Waals surface area contributed by atoms with Crippen LogP contribution in [0.1, 0.15) is 37.7 Å². The third-order valence-corrected chi connectivity index (χ3v) is 6.50. The molecule has 0 saturated heterocycles. The summed E-state index contributed by atoms with van der Waals surface area (Å²) < 4.78 is 5.36. The minimum Gasteiger partial charge on any atom is -0.495 e. The van der Waals surface area contributed by atoms with Crippen molar-refractivity contribution in [2.45, 2.75) is 32.1 Å². The molecule has 0 saturated carbocycles. The summed E-state index contributed by atoms with van der Waals surface area (Å²) in [6.07, 6.45) is 1.96. The molecule has 0 spiro atoms. The zero-order valence-corrected chi connectivity index (χ0v) is 18.7. The summed E-state index contributed by atoms with van der Waals surface area (Å²) in [5.41, 5.74) is 3.74. The lowest BCUT2D eigenvalue weighted by atomic mass is 9.75.